The predicted octanol–water partition coefficient (Wildman–Crippen LogP) is 3.13. The summed E-state index contributed by atoms with van der Waals surface area (Å²) in [5.74, 6) is 0.570. The molecule has 2 aromatic heterocycles. The highest BCUT2D eigenvalue weighted by molar-refractivity contribution is 5.92. The third kappa shape index (κ3) is 3.15. The second-order valence-corrected chi connectivity index (χ2v) is 5.81. The minimum atomic E-state index is -0.263. The van der Waals surface area contributed by atoms with Crippen molar-refractivity contribution in [2.24, 2.45) is 0 Å². The van der Waals surface area contributed by atoms with Gasteiger partial charge in [0, 0.05) is 12.5 Å². The minimum Gasteiger partial charge on any atom is -0.420 e. The average molecular weight is 360 g/mol. The van der Waals surface area contributed by atoms with Gasteiger partial charge < -0.3 is 15.5 Å². The summed E-state index contributed by atoms with van der Waals surface area (Å²) in [4.78, 5) is 16.2. The molecule has 1 amide bonds. The monoisotopic (exact) mass is 360 g/mol. The number of nitrogen functional groups attached to an aromatic ring is 1. The number of nitrogens with one attached hydrogen (secondary N) is 1. The van der Waals surface area contributed by atoms with Crippen LogP contribution in [0.5, 0.6) is 0 Å². The summed E-state index contributed by atoms with van der Waals surface area (Å²) in [6.07, 6.45) is 0. The van der Waals surface area contributed by atoms with Crippen LogP contribution in [0.25, 0.3) is 28.5 Å². The maximum Gasteiger partial charge on any atom is 0.229 e. The molecular formula is C19H16N6O2. The number of anilines is 2. The summed E-state index contributed by atoms with van der Waals surface area (Å²) in [5, 5.41) is 11.1. The fraction of sp³-hybridized carbons (Fsp3) is 0.0526. The molecule has 8 heteroatoms. The average Bonchev–Trinajstić information content (AvgIpc) is 3.26. The Morgan fingerprint density at radius 1 is 1.04 bits per heavy atom. The summed E-state index contributed by atoms with van der Waals surface area (Å²) in [7, 11) is 0. The van der Waals surface area contributed by atoms with Crippen LogP contribution in [0.2, 0.25) is 0 Å². The number of benzene rings is 2. The molecule has 0 saturated heterocycles. The Hall–Kier alpha value is -3.94. The highest BCUT2D eigenvalue weighted by atomic mass is 16.4. The third-order valence-corrected chi connectivity index (χ3v) is 3.86. The van der Waals surface area contributed by atoms with Gasteiger partial charge in [-0.3, -0.25) is 4.79 Å². The van der Waals surface area contributed by atoms with Gasteiger partial charge in [-0.15, -0.1) is 5.10 Å². The van der Waals surface area contributed by atoms with E-state index in [1.165, 1.54) is 11.6 Å². The molecule has 0 unspecified atom stereocenters. The Kier molecular flexibility index (Phi) is 4.13. The summed E-state index contributed by atoms with van der Waals surface area (Å²) in [6.45, 7) is 1.41. The van der Waals surface area contributed by atoms with Crippen LogP contribution in [0.1, 0.15) is 6.92 Å². The van der Waals surface area contributed by atoms with Gasteiger partial charge in [-0.25, -0.2) is 4.98 Å². The van der Waals surface area contributed by atoms with Crippen molar-refractivity contribution in [2.75, 3.05) is 11.1 Å². The Bertz CT molecular complexity index is 1090. The van der Waals surface area contributed by atoms with Crippen LogP contribution in [-0.2, 0) is 4.79 Å². The Morgan fingerprint density at radius 3 is 2.37 bits per heavy atom. The molecule has 3 N–H and O–H groups in total. The van der Waals surface area contributed by atoms with Crippen molar-refractivity contribution in [1.82, 2.24) is 20.0 Å². The van der Waals surface area contributed by atoms with E-state index >= 15 is 0 Å². The van der Waals surface area contributed by atoms with E-state index in [0.717, 1.165) is 11.3 Å². The van der Waals surface area contributed by atoms with E-state index in [4.69, 9.17) is 10.2 Å². The van der Waals surface area contributed by atoms with Crippen molar-refractivity contribution in [3.8, 4) is 28.5 Å². The lowest BCUT2D eigenvalue weighted by Crippen LogP contribution is -2.12. The molecule has 0 aliphatic heterocycles. The molecule has 0 saturated carbocycles. The molecule has 0 spiro atoms. The number of nitrogens with zero attached hydrogens (tertiary/aromatic N) is 4. The molecule has 4 rings (SSSR count). The van der Waals surface area contributed by atoms with Crippen molar-refractivity contribution < 1.29 is 9.21 Å². The fourth-order valence-corrected chi connectivity index (χ4v) is 2.68. The first kappa shape index (κ1) is 16.5. The lowest BCUT2D eigenvalue weighted by atomic mass is 10.2. The van der Waals surface area contributed by atoms with Gasteiger partial charge in [0.05, 0.1) is 5.69 Å². The van der Waals surface area contributed by atoms with Gasteiger partial charge in [0.2, 0.25) is 17.7 Å². The second kappa shape index (κ2) is 6.75. The summed E-state index contributed by atoms with van der Waals surface area (Å²) < 4.78 is 7.13. The highest BCUT2D eigenvalue weighted by Crippen LogP contribution is 2.34. The zero-order valence-corrected chi connectivity index (χ0v) is 14.5. The fourth-order valence-electron chi connectivity index (χ4n) is 2.68. The van der Waals surface area contributed by atoms with E-state index in [9.17, 15) is 4.79 Å². The maximum absolute atomic E-state index is 11.7. The molecule has 2 heterocycles. The zero-order chi connectivity index (χ0) is 18.8. The molecular weight excluding hydrogens is 344 g/mol. The number of aromatic nitrogens is 4. The Balaban J connectivity index is 1.84. The van der Waals surface area contributed by atoms with E-state index in [1.807, 2.05) is 60.7 Å². The van der Waals surface area contributed by atoms with E-state index in [2.05, 4.69) is 20.6 Å². The highest BCUT2D eigenvalue weighted by Gasteiger charge is 2.23. The van der Waals surface area contributed by atoms with Gasteiger partial charge in [0.15, 0.2) is 17.2 Å². The lowest BCUT2D eigenvalue weighted by molar-refractivity contribution is -0.114. The van der Waals surface area contributed by atoms with Crippen LogP contribution in [0, 0.1) is 0 Å². The molecule has 27 heavy (non-hydrogen) atoms. The van der Waals surface area contributed by atoms with Crippen LogP contribution in [-0.4, -0.2) is 25.9 Å². The van der Waals surface area contributed by atoms with Crippen molar-refractivity contribution in [1.29, 1.82) is 0 Å². The van der Waals surface area contributed by atoms with Crippen molar-refractivity contribution in [3.63, 3.8) is 0 Å². The number of para-hydroxylation sites is 1. The number of amides is 1. The van der Waals surface area contributed by atoms with Crippen molar-refractivity contribution in [3.05, 3.63) is 60.7 Å². The number of carbonyl (C=O) groups is 1. The third-order valence-electron chi connectivity index (χ3n) is 3.86. The second-order valence-electron chi connectivity index (χ2n) is 5.81. The van der Waals surface area contributed by atoms with E-state index in [1.54, 1.807) is 0 Å². The largest absolute Gasteiger partial charge is 0.420 e. The number of hydrogen-bond donors (Lipinski definition) is 2. The Labute approximate surface area is 154 Å². The normalized spacial score (nSPS) is 10.7. The first-order chi connectivity index (χ1) is 13.1. The van der Waals surface area contributed by atoms with Gasteiger partial charge >= 0.3 is 0 Å². The first-order valence-electron chi connectivity index (χ1n) is 8.24. The lowest BCUT2D eigenvalue weighted by Gasteiger charge is -2.07. The van der Waals surface area contributed by atoms with Gasteiger partial charge in [-0.2, -0.15) is 4.68 Å². The SMILES string of the molecule is CC(=O)Nc1c(-c2nc(-c3ccccc3)oc2N)nnn1-c1ccccc1. The van der Waals surface area contributed by atoms with Crippen LogP contribution < -0.4 is 11.1 Å². The summed E-state index contributed by atoms with van der Waals surface area (Å²) >= 11 is 0. The smallest absolute Gasteiger partial charge is 0.229 e. The first-order valence-corrected chi connectivity index (χ1v) is 8.24. The number of oxazole rings is 1. The molecule has 0 fully saturated rings. The molecule has 0 radical (unpaired) electrons. The standard InChI is InChI=1S/C19H16N6O2/c1-12(26)21-18-16(23-24-25(18)14-10-6-3-7-11-14)15-17(20)27-19(22-15)13-8-4-2-5-9-13/h2-11H,20H2,1H3,(H,21,26). The Morgan fingerprint density at radius 2 is 1.70 bits per heavy atom. The quantitative estimate of drug-likeness (QED) is 0.578. The predicted molar refractivity (Wildman–Crippen MR) is 101 cm³/mol. The molecule has 0 atom stereocenters. The van der Waals surface area contributed by atoms with Gasteiger partial charge in [-0.1, -0.05) is 41.6 Å². The molecule has 4 aromatic rings. The van der Waals surface area contributed by atoms with Gasteiger partial charge in [0.1, 0.15) is 0 Å². The van der Waals surface area contributed by atoms with E-state index in [-0.39, 0.29) is 11.8 Å². The molecule has 8 nitrogen and oxygen atoms in total. The maximum atomic E-state index is 11.7. The molecule has 134 valence electrons. The number of rotatable bonds is 4. The van der Waals surface area contributed by atoms with Crippen LogP contribution >= 0.6 is 0 Å². The van der Waals surface area contributed by atoms with Crippen molar-refractivity contribution in [2.45, 2.75) is 6.92 Å². The number of carbonyl (C=O) groups excluding carboxylic acids is 1. The molecule has 0 aliphatic carbocycles. The van der Waals surface area contributed by atoms with Crippen LogP contribution in [0.15, 0.2) is 65.1 Å². The van der Waals surface area contributed by atoms with Gasteiger partial charge in [0.25, 0.3) is 0 Å². The molecule has 0 bridgehead atoms. The van der Waals surface area contributed by atoms with Crippen molar-refractivity contribution >= 4 is 17.6 Å². The molecule has 0 aliphatic rings. The van der Waals surface area contributed by atoms with E-state index in [0.29, 0.717) is 23.1 Å². The van der Waals surface area contributed by atoms with E-state index < -0.39 is 0 Å². The van der Waals surface area contributed by atoms with Crippen LogP contribution in [0.4, 0.5) is 11.7 Å². The number of nitrogens with two attached hydrogens (primary N) is 1. The molecule has 2 aromatic carbocycles. The number of hydrogen-bond acceptors (Lipinski definition) is 6. The minimum absolute atomic E-state index is 0.0977. The zero-order valence-electron chi connectivity index (χ0n) is 14.5. The van der Waals surface area contributed by atoms with Crippen LogP contribution in [0.3, 0.4) is 0 Å². The summed E-state index contributed by atoms with van der Waals surface area (Å²) in [5.41, 5.74) is 8.22. The topological polar surface area (TPSA) is 112 Å². The summed E-state index contributed by atoms with van der Waals surface area (Å²) in [6, 6.07) is 18.7. The van der Waals surface area contributed by atoms with Gasteiger partial charge in [-0.05, 0) is 24.3 Å².